The van der Waals surface area contributed by atoms with Gasteiger partial charge in [0.2, 0.25) is 10.0 Å². The molecule has 1 N–H and O–H groups in total. The fourth-order valence-corrected chi connectivity index (χ4v) is 5.07. The van der Waals surface area contributed by atoms with Gasteiger partial charge >= 0.3 is 6.03 Å². The molecule has 1 aliphatic rings. The molecule has 0 radical (unpaired) electrons. The molecule has 0 spiro atoms. The van der Waals surface area contributed by atoms with E-state index in [-0.39, 0.29) is 24.0 Å². The molecule has 2 amide bonds. The zero-order valence-corrected chi connectivity index (χ0v) is 17.5. The summed E-state index contributed by atoms with van der Waals surface area (Å²) in [5.74, 6) is 0. The Hall–Kier alpha value is -1.80. The van der Waals surface area contributed by atoms with E-state index in [1.165, 1.54) is 4.31 Å². The minimum Gasteiger partial charge on any atom is -0.338 e. The molecule has 9 heteroatoms. The van der Waals surface area contributed by atoms with Crippen molar-refractivity contribution in [2.24, 2.45) is 0 Å². The first-order chi connectivity index (χ1) is 13.4. The van der Waals surface area contributed by atoms with Gasteiger partial charge in [-0.05, 0) is 42.3 Å². The quantitative estimate of drug-likeness (QED) is 0.773. The standard InChI is InChI=1S/C19H21Cl2N3O3S/c20-16-12-15(13-17(21)14-16)6-7-22-19(25)23-8-10-24(11-9-23)28(26,27)18-4-2-1-3-5-18/h1-5,12-14H,6-11H2,(H,22,25). The molecular formula is C19H21Cl2N3O3S. The van der Waals surface area contributed by atoms with Crippen LogP contribution in [0.4, 0.5) is 4.79 Å². The number of piperazine rings is 1. The SMILES string of the molecule is O=C(NCCc1cc(Cl)cc(Cl)c1)N1CCN(S(=O)(=O)c2ccccc2)CC1. The average molecular weight is 442 g/mol. The number of sulfonamides is 1. The van der Waals surface area contributed by atoms with Crippen molar-refractivity contribution >= 4 is 39.3 Å². The molecule has 0 aliphatic carbocycles. The van der Waals surface area contributed by atoms with Crippen molar-refractivity contribution in [3.8, 4) is 0 Å². The van der Waals surface area contributed by atoms with Crippen LogP contribution in [0.25, 0.3) is 0 Å². The van der Waals surface area contributed by atoms with Crippen molar-refractivity contribution in [2.45, 2.75) is 11.3 Å². The number of hydrogen-bond acceptors (Lipinski definition) is 3. The van der Waals surface area contributed by atoms with Gasteiger partial charge in [0, 0.05) is 42.8 Å². The van der Waals surface area contributed by atoms with Gasteiger partial charge in [0.15, 0.2) is 0 Å². The number of benzene rings is 2. The van der Waals surface area contributed by atoms with Gasteiger partial charge in [-0.2, -0.15) is 4.31 Å². The summed E-state index contributed by atoms with van der Waals surface area (Å²) >= 11 is 11.9. The summed E-state index contributed by atoms with van der Waals surface area (Å²) in [7, 11) is -3.52. The van der Waals surface area contributed by atoms with Crippen LogP contribution in [0, 0.1) is 0 Å². The number of hydrogen-bond donors (Lipinski definition) is 1. The third-order valence-electron chi connectivity index (χ3n) is 4.52. The summed E-state index contributed by atoms with van der Waals surface area (Å²) in [5.41, 5.74) is 0.941. The fourth-order valence-electron chi connectivity index (χ4n) is 3.05. The number of amides is 2. The second-order valence-corrected chi connectivity index (χ2v) is 9.27. The molecule has 1 fully saturated rings. The third-order valence-corrected chi connectivity index (χ3v) is 6.87. The first-order valence-corrected chi connectivity index (χ1v) is 11.1. The molecule has 1 aliphatic heterocycles. The summed E-state index contributed by atoms with van der Waals surface area (Å²) < 4.78 is 26.7. The predicted molar refractivity (Wildman–Crippen MR) is 110 cm³/mol. The lowest BCUT2D eigenvalue weighted by atomic mass is 10.1. The number of rotatable bonds is 5. The van der Waals surface area contributed by atoms with E-state index in [0.717, 1.165) is 5.56 Å². The van der Waals surface area contributed by atoms with Crippen molar-refractivity contribution in [2.75, 3.05) is 32.7 Å². The Morgan fingerprint density at radius 3 is 2.18 bits per heavy atom. The second kappa shape index (κ2) is 9.13. The normalized spacial score (nSPS) is 15.4. The largest absolute Gasteiger partial charge is 0.338 e. The molecular weight excluding hydrogens is 421 g/mol. The van der Waals surface area contributed by atoms with E-state index < -0.39 is 10.0 Å². The minimum atomic E-state index is -3.52. The summed E-state index contributed by atoms with van der Waals surface area (Å²) in [5, 5.41) is 3.98. The van der Waals surface area contributed by atoms with Crippen molar-refractivity contribution in [1.82, 2.24) is 14.5 Å². The van der Waals surface area contributed by atoms with E-state index in [0.29, 0.717) is 36.1 Å². The number of nitrogens with one attached hydrogen (secondary N) is 1. The Bertz CT molecular complexity index is 910. The highest BCUT2D eigenvalue weighted by Crippen LogP contribution is 2.19. The number of halogens is 2. The van der Waals surface area contributed by atoms with Crippen molar-refractivity contribution in [1.29, 1.82) is 0 Å². The van der Waals surface area contributed by atoms with Crippen LogP contribution in [-0.4, -0.2) is 56.4 Å². The second-order valence-electron chi connectivity index (χ2n) is 6.46. The van der Waals surface area contributed by atoms with Crippen LogP contribution in [0.15, 0.2) is 53.4 Å². The predicted octanol–water partition coefficient (Wildman–Crippen LogP) is 3.25. The molecule has 150 valence electrons. The van der Waals surface area contributed by atoms with Gasteiger partial charge in [-0.1, -0.05) is 41.4 Å². The van der Waals surface area contributed by atoms with Crippen molar-refractivity contribution < 1.29 is 13.2 Å². The average Bonchev–Trinajstić information content (AvgIpc) is 2.68. The van der Waals surface area contributed by atoms with Crippen LogP contribution in [0.3, 0.4) is 0 Å². The summed E-state index contributed by atoms with van der Waals surface area (Å²) in [4.78, 5) is 14.2. The lowest BCUT2D eigenvalue weighted by Crippen LogP contribution is -2.53. The van der Waals surface area contributed by atoms with Crippen LogP contribution in [0.2, 0.25) is 10.0 Å². The first kappa shape index (κ1) is 20.9. The highest BCUT2D eigenvalue weighted by Gasteiger charge is 2.29. The van der Waals surface area contributed by atoms with Crippen LogP contribution >= 0.6 is 23.2 Å². The van der Waals surface area contributed by atoms with Crippen molar-refractivity contribution in [3.05, 3.63) is 64.1 Å². The summed E-state index contributed by atoms with van der Waals surface area (Å²) in [6.45, 7) is 1.68. The number of carbonyl (C=O) groups excluding carboxylic acids is 1. The van der Waals surface area contributed by atoms with Crippen molar-refractivity contribution in [3.63, 3.8) is 0 Å². The molecule has 0 aromatic heterocycles. The highest BCUT2D eigenvalue weighted by atomic mass is 35.5. The van der Waals surface area contributed by atoms with Gasteiger partial charge in [-0.25, -0.2) is 13.2 Å². The van der Waals surface area contributed by atoms with Crippen LogP contribution in [-0.2, 0) is 16.4 Å². The Balaban J connectivity index is 1.48. The first-order valence-electron chi connectivity index (χ1n) is 8.89. The van der Waals surface area contributed by atoms with Gasteiger partial charge in [0.05, 0.1) is 4.90 Å². The number of nitrogens with zero attached hydrogens (tertiary/aromatic N) is 2. The maximum absolute atomic E-state index is 12.6. The number of urea groups is 1. The highest BCUT2D eigenvalue weighted by molar-refractivity contribution is 7.89. The fraction of sp³-hybridized carbons (Fsp3) is 0.316. The van der Waals surface area contributed by atoms with Gasteiger partial charge in [-0.15, -0.1) is 0 Å². The summed E-state index contributed by atoms with van der Waals surface area (Å²) in [6, 6.07) is 13.4. The van der Waals surface area contributed by atoms with Crippen LogP contribution in [0.1, 0.15) is 5.56 Å². The molecule has 2 aromatic carbocycles. The number of carbonyl (C=O) groups is 1. The zero-order chi connectivity index (χ0) is 20.1. The van der Waals surface area contributed by atoms with E-state index in [2.05, 4.69) is 5.32 Å². The van der Waals surface area contributed by atoms with Gasteiger partial charge < -0.3 is 10.2 Å². The van der Waals surface area contributed by atoms with E-state index >= 15 is 0 Å². The molecule has 28 heavy (non-hydrogen) atoms. The van der Waals surface area contributed by atoms with Gasteiger partial charge in [-0.3, -0.25) is 0 Å². The Labute approximate surface area is 175 Å². The Kier molecular flexibility index (Phi) is 6.82. The Morgan fingerprint density at radius 2 is 1.57 bits per heavy atom. The van der Waals surface area contributed by atoms with E-state index in [9.17, 15) is 13.2 Å². The minimum absolute atomic E-state index is 0.204. The molecule has 3 rings (SSSR count). The lowest BCUT2D eigenvalue weighted by molar-refractivity contribution is 0.172. The van der Waals surface area contributed by atoms with Crippen LogP contribution in [0.5, 0.6) is 0 Å². The van der Waals surface area contributed by atoms with Crippen LogP contribution < -0.4 is 5.32 Å². The third kappa shape index (κ3) is 5.17. The lowest BCUT2D eigenvalue weighted by Gasteiger charge is -2.34. The topological polar surface area (TPSA) is 69.7 Å². The van der Waals surface area contributed by atoms with E-state index in [4.69, 9.17) is 23.2 Å². The van der Waals surface area contributed by atoms with Gasteiger partial charge in [0.25, 0.3) is 0 Å². The molecule has 2 aromatic rings. The molecule has 6 nitrogen and oxygen atoms in total. The Morgan fingerprint density at radius 1 is 0.964 bits per heavy atom. The molecule has 0 saturated carbocycles. The zero-order valence-electron chi connectivity index (χ0n) is 15.1. The molecule has 0 bridgehead atoms. The molecule has 1 saturated heterocycles. The molecule has 0 atom stereocenters. The van der Waals surface area contributed by atoms with Gasteiger partial charge in [0.1, 0.15) is 0 Å². The molecule has 0 unspecified atom stereocenters. The summed E-state index contributed by atoms with van der Waals surface area (Å²) in [6.07, 6.45) is 0.606. The molecule has 1 heterocycles. The maximum Gasteiger partial charge on any atom is 0.317 e. The monoisotopic (exact) mass is 441 g/mol. The van der Waals surface area contributed by atoms with E-state index in [1.807, 2.05) is 12.1 Å². The maximum atomic E-state index is 12.6. The smallest absolute Gasteiger partial charge is 0.317 e. The van der Waals surface area contributed by atoms with E-state index in [1.54, 1.807) is 41.3 Å².